The molecule has 2 aromatic carbocycles. The molecule has 0 N–H and O–H groups in total. The molecule has 2 aliphatic rings. The van der Waals surface area contributed by atoms with Crippen LogP contribution in [-0.2, 0) is 0 Å². The molecule has 2 aromatic rings. The van der Waals surface area contributed by atoms with Crippen molar-refractivity contribution in [3.8, 4) is 0 Å². The normalized spacial score (nSPS) is 21.4. The van der Waals surface area contributed by atoms with Crippen molar-refractivity contribution in [3.05, 3.63) is 82.9 Å². The van der Waals surface area contributed by atoms with E-state index in [9.17, 15) is 0 Å². The Morgan fingerprint density at radius 1 is 0.727 bits per heavy atom. The topological polar surface area (TPSA) is 0 Å². The summed E-state index contributed by atoms with van der Waals surface area (Å²) in [5, 5.41) is 0. The van der Waals surface area contributed by atoms with Gasteiger partial charge in [0.25, 0.3) is 0 Å². The molecule has 0 bridgehead atoms. The molecule has 0 aliphatic heterocycles. The second-order valence-corrected chi connectivity index (χ2v) is 9.57. The van der Waals surface area contributed by atoms with E-state index < -0.39 is 8.11 Å². The number of allylic oxidation sites excluding steroid dienone is 2. The average molecular weight is 322 g/mol. The van der Waals surface area contributed by atoms with Gasteiger partial charge >= 0.3 is 0 Å². The van der Waals surface area contributed by atoms with Crippen LogP contribution in [0.25, 0.3) is 12.2 Å². The molecule has 0 saturated heterocycles. The highest BCUT2D eigenvalue weighted by Crippen LogP contribution is 2.38. The molecule has 0 fully saturated rings. The van der Waals surface area contributed by atoms with Gasteiger partial charge in [0.1, 0.15) is 0 Å². The summed E-state index contributed by atoms with van der Waals surface area (Å²) >= 11 is 6.81. The van der Waals surface area contributed by atoms with Gasteiger partial charge in [-0.2, -0.15) is 11.1 Å². The smallest absolute Gasteiger partial charge is 0.167 e. The van der Waals surface area contributed by atoms with Gasteiger partial charge in [0, 0.05) is 11.8 Å². The second-order valence-electron chi connectivity index (χ2n) is 6.11. The fraction of sp³-hybridized carbons (Fsp3) is 0.200. The summed E-state index contributed by atoms with van der Waals surface area (Å²) in [6, 6.07) is 19.6. The Kier molecular flexibility index (Phi) is 3.77. The molecule has 2 unspecified atom stereocenters. The number of halogens is 1. The molecule has 1 radical (unpaired) electrons. The highest BCUT2D eigenvalue weighted by atomic mass is 35.6. The Morgan fingerprint density at radius 2 is 1.18 bits per heavy atom. The molecule has 0 amide bonds. The summed E-state index contributed by atoms with van der Waals surface area (Å²) in [6.45, 7) is 0. The van der Waals surface area contributed by atoms with E-state index in [1.807, 2.05) is 0 Å². The minimum Gasteiger partial charge on any atom is -0.169 e. The summed E-state index contributed by atoms with van der Waals surface area (Å²) in [6.07, 6.45) is 9.15. The van der Waals surface area contributed by atoms with Gasteiger partial charge in [-0.3, -0.25) is 0 Å². The first-order valence-electron chi connectivity index (χ1n) is 7.86. The quantitative estimate of drug-likeness (QED) is 0.490. The molecule has 0 aromatic heterocycles. The molecule has 0 nitrogen and oxygen atoms in total. The van der Waals surface area contributed by atoms with E-state index in [0.29, 0.717) is 11.8 Å². The van der Waals surface area contributed by atoms with Gasteiger partial charge in [-0.1, -0.05) is 72.8 Å². The fourth-order valence-corrected chi connectivity index (χ4v) is 6.39. The summed E-state index contributed by atoms with van der Waals surface area (Å²) in [4.78, 5) is 0. The van der Waals surface area contributed by atoms with Gasteiger partial charge in [0.05, 0.1) is 0 Å². The van der Waals surface area contributed by atoms with E-state index in [4.69, 9.17) is 11.1 Å². The maximum Gasteiger partial charge on any atom is 0.167 e. The lowest BCUT2D eigenvalue weighted by molar-refractivity contribution is 0.931. The Labute approximate surface area is 138 Å². The predicted octanol–water partition coefficient (Wildman–Crippen LogP) is 5.84. The lowest BCUT2D eigenvalue weighted by Gasteiger charge is -2.17. The van der Waals surface area contributed by atoms with Gasteiger partial charge in [0.15, 0.2) is 8.11 Å². The van der Waals surface area contributed by atoms with Crippen LogP contribution in [0.5, 0.6) is 0 Å². The van der Waals surface area contributed by atoms with Gasteiger partial charge < -0.3 is 0 Å². The van der Waals surface area contributed by atoms with Crippen LogP contribution in [0.15, 0.2) is 60.7 Å². The zero-order chi connectivity index (χ0) is 14.9. The van der Waals surface area contributed by atoms with Crippen molar-refractivity contribution in [3.63, 3.8) is 0 Å². The van der Waals surface area contributed by atoms with E-state index in [2.05, 4.69) is 72.8 Å². The first-order valence-corrected chi connectivity index (χ1v) is 10.8. The largest absolute Gasteiger partial charge is 0.169 e. The van der Waals surface area contributed by atoms with E-state index in [0.717, 1.165) is 12.1 Å². The van der Waals surface area contributed by atoms with E-state index in [-0.39, 0.29) is 0 Å². The molecule has 2 aliphatic carbocycles. The van der Waals surface area contributed by atoms with Gasteiger partial charge in [-0.05, 0) is 34.3 Å². The zero-order valence-electron chi connectivity index (χ0n) is 12.4. The van der Waals surface area contributed by atoms with Crippen LogP contribution >= 0.6 is 11.1 Å². The first-order chi connectivity index (χ1) is 10.8. The second kappa shape index (κ2) is 5.90. The molecular weight excluding hydrogens is 304 g/mol. The number of rotatable bonds is 4. The lowest BCUT2D eigenvalue weighted by atomic mass is 10.0. The Hall–Kier alpha value is -1.57. The molecule has 2 atom stereocenters. The molecule has 2 heteroatoms. The van der Waals surface area contributed by atoms with Gasteiger partial charge in [0.2, 0.25) is 0 Å². The third-order valence-electron chi connectivity index (χ3n) is 4.69. The summed E-state index contributed by atoms with van der Waals surface area (Å²) in [5.74, 6) is 1.03. The standard InChI is InChI=1S/C20H18ClSi/c21-22(13-17-11-9-15-5-1-3-7-19(15)17)14-18-12-10-16-6-2-4-8-20(16)18/h1-12,17-18H,13-14H2. The number of benzene rings is 2. The van der Waals surface area contributed by atoms with Crippen LogP contribution in [0, 0.1) is 0 Å². The Balaban J connectivity index is 1.44. The highest BCUT2D eigenvalue weighted by molar-refractivity contribution is 7.07. The van der Waals surface area contributed by atoms with Crippen molar-refractivity contribution in [1.82, 2.24) is 0 Å². The first kappa shape index (κ1) is 14.0. The fourth-order valence-electron chi connectivity index (χ4n) is 3.56. The van der Waals surface area contributed by atoms with Crippen LogP contribution < -0.4 is 0 Å². The average Bonchev–Trinajstić information content (AvgIpc) is 3.13. The third-order valence-corrected chi connectivity index (χ3v) is 7.38. The van der Waals surface area contributed by atoms with Crippen LogP contribution in [0.4, 0.5) is 0 Å². The Morgan fingerprint density at radius 3 is 1.68 bits per heavy atom. The predicted molar refractivity (Wildman–Crippen MR) is 97.7 cm³/mol. The van der Waals surface area contributed by atoms with E-state index >= 15 is 0 Å². The molecule has 109 valence electrons. The van der Waals surface area contributed by atoms with Crippen molar-refractivity contribution >= 4 is 31.3 Å². The summed E-state index contributed by atoms with van der Waals surface area (Å²) < 4.78 is 0. The number of hydrogen-bond donors (Lipinski definition) is 0. The van der Waals surface area contributed by atoms with Crippen LogP contribution in [0.3, 0.4) is 0 Å². The SMILES string of the molecule is Cl[Si](CC1C=Cc2ccccc21)CC1C=Cc2ccccc21. The summed E-state index contributed by atoms with van der Waals surface area (Å²) in [7, 11) is -0.869. The Bertz CT molecular complexity index is 683. The van der Waals surface area contributed by atoms with Gasteiger partial charge in [-0.15, -0.1) is 0 Å². The van der Waals surface area contributed by atoms with Crippen molar-refractivity contribution in [2.45, 2.75) is 23.9 Å². The molecule has 0 saturated carbocycles. The maximum absolute atomic E-state index is 6.81. The number of hydrogen-bond acceptors (Lipinski definition) is 0. The molecular formula is C20H18ClSi. The highest BCUT2D eigenvalue weighted by Gasteiger charge is 2.25. The summed E-state index contributed by atoms with van der Waals surface area (Å²) in [5.41, 5.74) is 5.64. The van der Waals surface area contributed by atoms with Crippen molar-refractivity contribution < 1.29 is 0 Å². The lowest BCUT2D eigenvalue weighted by Crippen LogP contribution is -2.11. The molecule has 4 rings (SSSR count). The van der Waals surface area contributed by atoms with Crippen LogP contribution in [0.1, 0.15) is 34.1 Å². The maximum atomic E-state index is 6.81. The molecule has 0 heterocycles. The molecule has 0 spiro atoms. The van der Waals surface area contributed by atoms with Crippen LogP contribution in [-0.4, -0.2) is 8.11 Å². The zero-order valence-corrected chi connectivity index (χ0v) is 14.1. The third kappa shape index (κ3) is 2.60. The van der Waals surface area contributed by atoms with Gasteiger partial charge in [-0.25, -0.2) is 0 Å². The monoisotopic (exact) mass is 321 g/mol. The van der Waals surface area contributed by atoms with E-state index in [1.54, 1.807) is 0 Å². The minimum absolute atomic E-state index is 0.517. The number of fused-ring (bicyclic) bond motifs is 2. The molecule has 22 heavy (non-hydrogen) atoms. The minimum atomic E-state index is -0.869. The van der Waals surface area contributed by atoms with Crippen molar-refractivity contribution in [1.29, 1.82) is 0 Å². The van der Waals surface area contributed by atoms with Crippen molar-refractivity contribution in [2.75, 3.05) is 0 Å². The van der Waals surface area contributed by atoms with Crippen LogP contribution in [0.2, 0.25) is 12.1 Å². The van der Waals surface area contributed by atoms with Crippen molar-refractivity contribution in [2.24, 2.45) is 0 Å². The van der Waals surface area contributed by atoms with E-state index in [1.165, 1.54) is 22.3 Å².